The number of hydrogen-bond acceptors (Lipinski definition) is 2. The number of rotatable bonds is 1. The number of alkyl halides is 1. The molecule has 0 bridgehead atoms. The summed E-state index contributed by atoms with van der Waals surface area (Å²) in [5, 5.41) is 9.91. The molecule has 0 N–H and O–H groups in total. The van der Waals surface area contributed by atoms with Gasteiger partial charge in [-0.3, -0.25) is 0 Å². The molecule has 0 unspecified atom stereocenters. The summed E-state index contributed by atoms with van der Waals surface area (Å²) in [6.07, 6.45) is 0. The number of thiophene rings is 1. The second-order valence-corrected chi connectivity index (χ2v) is 5.43. The van der Waals surface area contributed by atoms with Crippen molar-refractivity contribution < 1.29 is 0 Å². The first-order valence-corrected chi connectivity index (χ1v) is 6.35. The number of benzene rings is 1. The number of hydrogen-bond donors (Lipinski definition) is 0. The number of halogens is 2. The van der Waals surface area contributed by atoms with Crippen LogP contribution in [0.15, 0.2) is 18.2 Å². The van der Waals surface area contributed by atoms with E-state index in [0.29, 0.717) is 5.88 Å². The van der Waals surface area contributed by atoms with Gasteiger partial charge < -0.3 is 0 Å². The Bertz CT molecular complexity index is 527. The molecule has 0 aliphatic rings. The SMILES string of the molecule is N#Cc1cc2c(CCl)cc(I)cc2s1. The third-order valence-electron chi connectivity index (χ3n) is 1.94. The first kappa shape index (κ1) is 10.2. The molecule has 1 aromatic heterocycles. The second kappa shape index (κ2) is 4.05. The Balaban J connectivity index is 2.79. The molecule has 1 heterocycles. The Morgan fingerprint density at radius 3 is 2.86 bits per heavy atom. The van der Waals surface area contributed by atoms with Gasteiger partial charge in [0.2, 0.25) is 0 Å². The fourth-order valence-corrected chi connectivity index (χ4v) is 3.40. The van der Waals surface area contributed by atoms with E-state index in [1.165, 1.54) is 11.3 Å². The van der Waals surface area contributed by atoms with Crippen LogP contribution in [0.3, 0.4) is 0 Å². The molecule has 14 heavy (non-hydrogen) atoms. The minimum Gasteiger partial charge on any atom is -0.192 e. The van der Waals surface area contributed by atoms with Crippen molar-refractivity contribution in [3.05, 3.63) is 32.2 Å². The predicted molar refractivity (Wildman–Crippen MR) is 68.8 cm³/mol. The first-order chi connectivity index (χ1) is 6.74. The molecule has 0 atom stereocenters. The molecule has 2 aromatic rings. The van der Waals surface area contributed by atoms with Crippen LogP contribution in [0.1, 0.15) is 10.4 Å². The van der Waals surface area contributed by atoms with Crippen LogP contribution < -0.4 is 0 Å². The lowest BCUT2D eigenvalue weighted by Gasteiger charge is -1.98. The predicted octanol–water partition coefficient (Wildman–Crippen LogP) is 4.12. The van der Waals surface area contributed by atoms with Gasteiger partial charge in [0.1, 0.15) is 10.9 Å². The highest BCUT2D eigenvalue weighted by Gasteiger charge is 2.06. The van der Waals surface area contributed by atoms with Gasteiger partial charge in [0.15, 0.2) is 0 Å². The largest absolute Gasteiger partial charge is 0.192 e. The van der Waals surface area contributed by atoms with Crippen molar-refractivity contribution in [3.63, 3.8) is 0 Å². The van der Waals surface area contributed by atoms with Gasteiger partial charge in [-0.05, 0) is 51.7 Å². The molecule has 0 aliphatic carbocycles. The topological polar surface area (TPSA) is 23.8 Å². The summed E-state index contributed by atoms with van der Waals surface area (Å²) in [7, 11) is 0. The average molecular weight is 334 g/mol. The maximum Gasteiger partial charge on any atom is 0.110 e. The zero-order valence-electron chi connectivity index (χ0n) is 7.05. The van der Waals surface area contributed by atoms with Crippen molar-refractivity contribution in [1.82, 2.24) is 0 Å². The normalized spacial score (nSPS) is 10.4. The molecule has 0 spiro atoms. The van der Waals surface area contributed by atoms with Crippen LogP contribution in [-0.2, 0) is 5.88 Å². The summed E-state index contributed by atoms with van der Waals surface area (Å²) in [4.78, 5) is 0.744. The van der Waals surface area contributed by atoms with Crippen LogP contribution in [-0.4, -0.2) is 0 Å². The van der Waals surface area contributed by atoms with Gasteiger partial charge in [-0.25, -0.2) is 0 Å². The van der Waals surface area contributed by atoms with Gasteiger partial charge in [-0.15, -0.1) is 22.9 Å². The lowest BCUT2D eigenvalue weighted by molar-refractivity contribution is 1.44. The maximum absolute atomic E-state index is 8.80. The molecular formula is C10H5ClINS. The summed E-state index contributed by atoms with van der Waals surface area (Å²) < 4.78 is 2.31. The molecule has 70 valence electrons. The van der Waals surface area contributed by atoms with Gasteiger partial charge in [0.05, 0.1) is 0 Å². The summed E-state index contributed by atoms with van der Waals surface area (Å²) in [6.45, 7) is 0. The van der Waals surface area contributed by atoms with Gasteiger partial charge >= 0.3 is 0 Å². The number of nitrogens with zero attached hydrogens (tertiary/aromatic N) is 1. The molecule has 0 saturated carbocycles. The van der Waals surface area contributed by atoms with Gasteiger partial charge in [-0.1, -0.05) is 0 Å². The fourth-order valence-electron chi connectivity index (χ4n) is 1.34. The average Bonchev–Trinajstić information content (AvgIpc) is 2.59. The highest BCUT2D eigenvalue weighted by molar-refractivity contribution is 14.1. The summed E-state index contributed by atoms with van der Waals surface area (Å²) >= 11 is 9.63. The van der Waals surface area contributed by atoms with Gasteiger partial charge in [0.25, 0.3) is 0 Å². The van der Waals surface area contributed by atoms with Crippen LogP contribution in [0.5, 0.6) is 0 Å². The molecule has 0 saturated heterocycles. The van der Waals surface area contributed by atoms with Crippen LogP contribution in [0.25, 0.3) is 10.1 Å². The van der Waals surface area contributed by atoms with Crippen molar-refractivity contribution in [2.45, 2.75) is 5.88 Å². The van der Waals surface area contributed by atoms with E-state index in [-0.39, 0.29) is 0 Å². The Labute approximate surface area is 104 Å². The Hall–Kier alpha value is -0.310. The lowest BCUT2D eigenvalue weighted by atomic mass is 10.1. The molecule has 1 aromatic carbocycles. The highest BCUT2D eigenvalue weighted by Crippen LogP contribution is 2.30. The second-order valence-electron chi connectivity index (χ2n) is 2.83. The van der Waals surface area contributed by atoms with Crippen molar-refractivity contribution in [2.75, 3.05) is 0 Å². The van der Waals surface area contributed by atoms with E-state index >= 15 is 0 Å². The highest BCUT2D eigenvalue weighted by atomic mass is 127. The van der Waals surface area contributed by atoms with E-state index in [2.05, 4.69) is 40.8 Å². The molecule has 0 aliphatic heterocycles. The van der Waals surface area contributed by atoms with Crippen molar-refractivity contribution in [3.8, 4) is 6.07 Å². The molecular weight excluding hydrogens is 329 g/mol. The first-order valence-electron chi connectivity index (χ1n) is 3.92. The molecule has 0 amide bonds. The Morgan fingerprint density at radius 2 is 2.21 bits per heavy atom. The third-order valence-corrected chi connectivity index (χ3v) is 3.84. The quantitative estimate of drug-likeness (QED) is 0.569. The molecule has 1 nitrogen and oxygen atoms in total. The van der Waals surface area contributed by atoms with E-state index in [9.17, 15) is 0 Å². The van der Waals surface area contributed by atoms with Crippen LogP contribution in [0.4, 0.5) is 0 Å². The van der Waals surface area contributed by atoms with Crippen molar-refractivity contribution in [2.24, 2.45) is 0 Å². The summed E-state index contributed by atoms with van der Waals surface area (Å²) in [6, 6.07) is 8.21. The maximum atomic E-state index is 8.80. The Morgan fingerprint density at radius 1 is 1.43 bits per heavy atom. The number of nitriles is 1. The van der Waals surface area contributed by atoms with Crippen molar-refractivity contribution >= 4 is 55.6 Å². The zero-order chi connectivity index (χ0) is 10.1. The molecule has 0 fully saturated rings. The minimum atomic E-state index is 0.495. The monoisotopic (exact) mass is 333 g/mol. The molecule has 0 radical (unpaired) electrons. The lowest BCUT2D eigenvalue weighted by Crippen LogP contribution is -1.80. The summed E-state index contributed by atoms with van der Waals surface area (Å²) in [5.74, 6) is 0.495. The molecule has 4 heteroatoms. The van der Waals surface area contributed by atoms with Gasteiger partial charge in [0, 0.05) is 14.2 Å². The fraction of sp³-hybridized carbons (Fsp3) is 0.100. The Kier molecular flexibility index (Phi) is 2.96. The standard InChI is InChI=1S/C10H5ClINS/c11-4-6-1-7(12)2-10-9(6)3-8(5-13)14-10/h1-3H,4H2. The third kappa shape index (κ3) is 1.74. The smallest absolute Gasteiger partial charge is 0.110 e. The van der Waals surface area contributed by atoms with Crippen molar-refractivity contribution in [1.29, 1.82) is 5.26 Å². The van der Waals surface area contributed by atoms with E-state index in [1.807, 2.05) is 6.07 Å². The minimum absolute atomic E-state index is 0.495. The number of fused-ring (bicyclic) bond motifs is 1. The molecule has 2 rings (SSSR count). The zero-order valence-corrected chi connectivity index (χ0v) is 10.8. The van der Waals surface area contributed by atoms with E-state index < -0.39 is 0 Å². The van der Waals surface area contributed by atoms with E-state index in [4.69, 9.17) is 16.9 Å². The van der Waals surface area contributed by atoms with Crippen LogP contribution >= 0.6 is 45.5 Å². The van der Waals surface area contributed by atoms with Crippen LogP contribution in [0, 0.1) is 14.9 Å². The summed E-state index contributed by atoms with van der Waals surface area (Å²) in [5.41, 5.74) is 1.10. The van der Waals surface area contributed by atoms with Crippen LogP contribution in [0.2, 0.25) is 0 Å². The van der Waals surface area contributed by atoms with E-state index in [0.717, 1.165) is 24.1 Å². The van der Waals surface area contributed by atoms with Gasteiger partial charge in [-0.2, -0.15) is 5.26 Å². The van der Waals surface area contributed by atoms with E-state index in [1.54, 1.807) is 0 Å².